The molecule has 0 bridgehead atoms. The predicted octanol–water partition coefficient (Wildman–Crippen LogP) is 6.46. The Hall–Kier alpha value is -2.81. The average Bonchev–Trinajstić information content (AvgIpc) is 3.02. The Morgan fingerprint density at radius 1 is 0.786 bits per heavy atom. The molecular formula is C24H17Cl2NO. The van der Waals surface area contributed by atoms with Crippen molar-refractivity contribution in [2.75, 3.05) is 0 Å². The third-order valence-corrected chi connectivity index (χ3v) is 5.09. The van der Waals surface area contributed by atoms with Crippen LogP contribution in [-0.2, 0) is 11.3 Å². The van der Waals surface area contributed by atoms with Crippen LogP contribution in [0.2, 0.25) is 10.0 Å². The van der Waals surface area contributed by atoms with Crippen LogP contribution in [0.15, 0.2) is 90.5 Å². The summed E-state index contributed by atoms with van der Waals surface area (Å²) in [6.07, 6.45) is 3.84. The smallest absolute Gasteiger partial charge is 0.258 e. The summed E-state index contributed by atoms with van der Waals surface area (Å²) in [5, 5.41) is 1.35. The Morgan fingerprint density at radius 3 is 2.04 bits per heavy atom. The van der Waals surface area contributed by atoms with Gasteiger partial charge >= 0.3 is 0 Å². The lowest BCUT2D eigenvalue weighted by molar-refractivity contribution is -0.123. The van der Waals surface area contributed by atoms with Crippen LogP contribution in [0.5, 0.6) is 0 Å². The third-order valence-electron chi connectivity index (χ3n) is 4.59. The van der Waals surface area contributed by atoms with E-state index in [0.29, 0.717) is 22.2 Å². The van der Waals surface area contributed by atoms with Crippen molar-refractivity contribution < 1.29 is 4.79 Å². The molecule has 1 aliphatic rings. The topological polar surface area (TPSA) is 20.3 Å². The number of carbonyl (C=O) groups excluding carboxylic acids is 1. The molecule has 2 nitrogen and oxygen atoms in total. The van der Waals surface area contributed by atoms with Gasteiger partial charge in [-0.2, -0.15) is 0 Å². The highest BCUT2D eigenvalue weighted by Gasteiger charge is 2.29. The van der Waals surface area contributed by atoms with Gasteiger partial charge < -0.3 is 4.90 Å². The number of carbonyl (C=O) groups is 1. The molecule has 0 N–H and O–H groups in total. The number of hydrogen-bond acceptors (Lipinski definition) is 1. The van der Waals surface area contributed by atoms with Gasteiger partial charge in [0.25, 0.3) is 5.91 Å². The van der Waals surface area contributed by atoms with E-state index >= 15 is 0 Å². The van der Waals surface area contributed by atoms with Crippen molar-refractivity contribution in [2.45, 2.75) is 6.54 Å². The lowest BCUT2D eigenvalue weighted by Gasteiger charge is -2.21. The van der Waals surface area contributed by atoms with Crippen LogP contribution in [0.3, 0.4) is 0 Å². The lowest BCUT2D eigenvalue weighted by Crippen LogP contribution is -2.25. The van der Waals surface area contributed by atoms with Gasteiger partial charge in [-0.3, -0.25) is 4.79 Å². The van der Waals surface area contributed by atoms with E-state index in [1.54, 1.807) is 4.90 Å². The Labute approximate surface area is 174 Å². The Bertz CT molecular complexity index is 1050. The summed E-state index contributed by atoms with van der Waals surface area (Å²) in [5.41, 5.74) is 4.50. The summed E-state index contributed by atoms with van der Waals surface area (Å²) in [4.78, 5) is 15.0. The van der Waals surface area contributed by atoms with Crippen LogP contribution in [0.1, 0.15) is 16.7 Å². The molecule has 0 aliphatic carbocycles. The zero-order valence-corrected chi connectivity index (χ0v) is 16.5. The normalized spacial score (nSPS) is 15.2. The number of nitrogens with zero attached hydrogens (tertiary/aromatic N) is 1. The molecule has 0 aromatic heterocycles. The van der Waals surface area contributed by atoms with E-state index in [2.05, 4.69) is 0 Å². The van der Waals surface area contributed by atoms with Crippen molar-refractivity contribution in [3.8, 4) is 0 Å². The summed E-state index contributed by atoms with van der Waals surface area (Å²) >= 11 is 12.0. The Balaban J connectivity index is 1.71. The molecule has 0 saturated heterocycles. The molecule has 0 saturated carbocycles. The van der Waals surface area contributed by atoms with E-state index in [9.17, 15) is 4.79 Å². The van der Waals surface area contributed by atoms with Gasteiger partial charge in [-0.25, -0.2) is 0 Å². The number of halogens is 2. The van der Waals surface area contributed by atoms with Gasteiger partial charge in [0.15, 0.2) is 0 Å². The highest BCUT2D eigenvalue weighted by Crippen LogP contribution is 2.32. The first-order valence-electron chi connectivity index (χ1n) is 8.91. The van der Waals surface area contributed by atoms with Crippen molar-refractivity contribution in [3.05, 3.63) is 117 Å². The van der Waals surface area contributed by atoms with E-state index in [-0.39, 0.29) is 5.91 Å². The summed E-state index contributed by atoms with van der Waals surface area (Å²) in [6.45, 7) is 0.481. The molecule has 1 aliphatic heterocycles. The van der Waals surface area contributed by atoms with Gasteiger partial charge in [0, 0.05) is 15.6 Å². The average molecular weight is 406 g/mol. The first kappa shape index (κ1) is 18.5. The summed E-state index contributed by atoms with van der Waals surface area (Å²) in [6, 6.07) is 25.0. The van der Waals surface area contributed by atoms with Crippen LogP contribution < -0.4 is 0 Å². The van der Waals surface area contributed by atoms with Gasteiger partial charge in [-0.1, -0.05) is 77.8 Å². The quantitative estimate of drug-likeness (QED) is 0.456. The maximum Gasteiger partial charge on any atom is 0.258 e. The maximum absolute atomic E-state index is 13.2. The van der Waals surface area contributed by atoms with E-state index in [0.717, 1.165) is 22.4 Å². The summed E-state index contributed by atoms with van der Waals surface area (Å²) in [7, 11) is 0. The molecule has 3 aromatic carbocycles. The SMILES string of the molecule is O=C1/C(=C/c2ccc(Cl)cc2)C=C(c2ccccc2)N1Cc1ccc(Cl)cc1. The minimum absolute atomic E-state index is 0.0243. The van der Waals surface area contributed by atoms with Gasteiger partial charge in [0.1, 0.15) is 0 Å². The second-order valence-electron chi connectivity index (χ2n) is 6.56. The molecule has 4 rings (SSSR count). The molecular weight excluding hydrogens is 389 g/mol. The van der Waals surface area contributed by atoms with Crippen molar-refractivity contribution in [3.63, 3.8) is 0 Å². The largest absolute Gasteiger partial charge is 0.303 e. The standard InChI is InChI=1S/C24H17Cl2NO/c25-21-10-6-17(7-11-21)14-20-15-23(19-4-2-1-3-5-19)27(24(20)28)16-18-8-12-22(26)13-9-18/h1-15H,16H2/b20-14+. The van der Waals surface area contributed by atoms with Crippen LogP contribution in [-0.4, -0.2) is 10.8 Å². The summed E-state index contributed by atoms with van der Waals surface area (Å²) in [5.74, 6) is -0.0243. The molecule has 0 fully saturated rings. The van der Waals surface area contributed by atoms with E-state index < -0.39 is 0 Å². The zero-order valence-electron chi connectivity index (χ0n) is 15.0. The molecule has 1 heterocycles. The Morgan fingerprint density at radius 2 is 1.39 bits per heavy atom. The van der Waals surface area contributed by atoms with E-state index in [1.807, 2.05) is 91.0 Å². The lowest BCUT2D eigenvalue weighted by atomic mass is 10.1. The maximum atomic E-state index is 13.2. The van der Waals surface area contributed by atoms with Crippen molar-refractivity contribution in [2.24, 2.45) is 0 Å². The Kier molecular flexibility index (Phi) is 5.34. The van der Waals surface area contributed by atoms with Gasteiger partial charge in [0.2, 0.25) is 0 Å². The van der Waals surface area contributed by atoms with E-state index in [4.69, 9.17) is 23.2 Å². The molecule has 3 aromatic rings. The predicted molar refractivity (Wildman–Crippen MR) is 116 cm³/mol. The number of benzene rings is 3. The van der Waals surface area contributed by atoms with Gasteiger partial charge in [0.05, 0.1) is 12.2 Å². The molecule has 1 amide bonds. The molecule has 0 atom stereocenters. The minimum atomic E-state index is -0.0243. The monoisotopic (exact) mass is 405 g/mol. The van der Waals surface area contributed by atoms with Crippen molar-refractivity contribution >= 4 is 40.9 Å². The van der Waals surface area contributed by atoms with Crippen LogP contribution in [0, 0.1) is 0 Å². The second-order valence-corrected chi connectivity index (χ2v) is 7.44. The number of hydrogen-bond donors (Lipinski definition) is 0. The minimum Gasteiger partial charge on any atom is -0.303 e. The number of amides is 1. The number of rotatable bonds is 4. The third kappa shape index (κ3) is 4.04. The van der Waals surface area contributed by atoms with Crippen LogP contribution >= 0.6 is 23.2 Å². The molecule has 0 radical (unpaired) electrons. The highest BCUT2D eigenvalue weighted by molar-refractivity contribution is 6.30. The molecule has 138 valence electrons. The zero-order chi connectivity index (χ0) is 19.5. The molecule has 0 spiro atoms. The second kappa shape index (κ2) is 8.05. The van der Waals surface area contributed by atoms with Gasteiger partial charge in [-0.05, 0) is 53.1 Å². The van der Waals surface area contributed by atoms with Crippen LogP contribution in [0.25, 0.3) is 11.8 Å². The van der Waals surface area contributed by atoms with Gasteiger partial charge in [-0.15, -0.1) is 0 Å². The highest BCUT2D eigenvalue weighted by atomic mass is 35.5. The fourth-order valence-corrected chi connectivity index (χ4v) is 3.42. The van der Waals surface area contributed by atoms with Crippen molar-refractivity contribution in [1.82, 2.24) is 4.90 Å². The van der Waals surface area contributed by atoms with Crippen LogP contribution in [0.4, 0.5) is 0 Å². The fourth-order valence-electron chi connectivity index (χ4n) is 3.17. The molecule has 28 heavy (non-hydrogen) atoms. The molecule has 0 unspecified atom stereocenters. The summed E-state index contributed by atoms with van der Waals surface area (Å²) < 4.78 is 0. The first-order valence-corrected chi connectivity index (χ1v) is 9.66. The van der Waals surface area contributed by atoms with E-state index in [1.165, 1.54) is 0 Å². The van der Waals surface area contributed by atoms with Crippen molar-refractivity contribution in [1.29, 1.82) is 0 Å². The molecule has 4 heteroatoms. The fraction of sp³-hybridized carbons (Fsp3) is 0.0417. The first-order chi connectivity index (χ1) is 13.6.